The SMILES string of the molecule is CC1=CC(C)(C)[C@H](CO)[C@@H]1O.CC1=CC(C)(C)[C@H](COC(=O)C(C)(C)C)[C@@H]1O. The van der Waals surface area contributed by atoms with Crippen LogP contribution in [0.5, 0.6) is 0 Å². The van der Waals surface area contributed by atoms with E-state index in [1.807, 2.05) is 54.5 Å². The fraction of sp³-hybridized carbons (Fsp3) is 0.783. The Morgan fingerprint density at radius 1 is 0.964 bits per heavy atom. The number of ether oxygens (including phenoxy) is 1. The zero-order chi connectivity index (χ0) is 22.1. The summed E-state index contributed by atoms with van der Waals surface area (Å²) >= 11 is 0. The highest BCUT2D eigenvalue weighted by Gasteiger charge is 2.41. The average Bonchev–Trinajstić information content (AvgIpc) is 2.84. The van der Waals surface area contributed by atoms with Crippen molar-refractivity contribution < 1.29 is 24.9 Å². The molecule has 0 unspecified atom stereocenters. The van der Waals surface area contributed by atoms with Crippen molar-refractivity contribution in [2.45, 2.75) is 74.5 Å². The van der Waals surface area contributed by atoms with Gasteiger partial charge >= 0.3 is 5.97 Å². The predicted octanol–water partition coefficient (Wildman–Crippen LogP) is 3.48. The molecule has 0 saturated heterocycles. The van der Waals surface area contributed by atoms with E-state index in [0.29, 0.717) is 0 Å². The molecule has 5 nitrogen and oxygen atoms in total. The highest BCUT2D eigenvalue weighted by Crippen LogP contribution is 2.41. The molecule has 2 aliphatic carbocycles. The molecule has 0 aromatic rings. The first kappa shape index (κ1) is 24.9. The summed E-state index contributed by atoms with van der Waals surface area (Å²) in [6, 6.07) is 0. The lowest BCUT2D eigenvalue weighted by molar-refractivity contribution is -0.156. The Hall–Kier alpha value is -1.17. The van der Waals surface area contributed by atoms with E-state index in [2.05, 4.69) is 19.9 Å². The van der Waals surface area contributed by atoms with Crippen LogP contribution in [0.25, 0.3) is 0 Å². The molecule has 0 bridgehead atoms. The molecule has 0 radical (unpaired) electrons. The van der Waals surface area contributed by atoms with Gasteiger partial charge < -0.3 is 20.1 Å². The molecule has 0 aromatic carbocycles. The molecule has 0 heterocycles. The molecule has 28 heavy (non-hydrogen) atoms. The molecule has 0 saturated carbocycles. The summed E-state index contributed by atoms with van der Waals surface area (Å²) in [6.07, 6.45) is 3.15. The van der Waals surface area contributed by atoms with Gasteiger partial charge in [-0.1, -0.05) is 39.8 Å². The van der Waals surface area contributed by atoms with Gasteiger partial charge in [0.25, 0.3) is 0 Å². The molecule has 2 aliphatic rings. The normalized spacial score (nSPS) is 30.9. The van der Waals surface area contributed by atoms with E-state index < -0.39 is 17.6 Å². The second-order valence-electron chi connectivity index (χ2n) is 10.6. The molecular formula is C23H40O5. The van der Waals surface area contributed by atoms with Crippen molar-refractivity contribution >= 4 is 5.97 Å². The number of aliphatic hydroxyl groups is 3. The van der Waals surface area contributed by atoms with E-state index in [1.54, 1.807) is 0 Å². The van der Waals surface area contributed by atoms with Crippen molar-refractivity contribution in [2.24, 2.45) is 28.1 Å². The zero-order valence-electron chi connectivity index (χ0n) is 19.0. The molecule has 5 heteroatoms. The summed E-state index contributed by atoms with van der Waals surface area (Å²) in [5.41, 5.74) is 1.27. The number of carbonyl (C=O) groups is 1. The van der Waals surface area contributed by atoms with E-state index in [9.17, 15) is 15.0 Å². The van der Waals surface area contributed by atoms with E-state index in [-0.39, 0.29) is 41.8 Å². The van der Waals surface area contributed by atoms with Gasteiger partial charge in [-0.05, 0) is 56.6 Å². The molecule has 0 aromatic heterocycles. The second kappa shape index (κ2) is 8.68. The molecule has 0 amide bonds. The lowest BCUT2D eigenvalue weighted by atomic mass is 9.81. The zero-order valence-corrected chi connectivity index (χ0v) is 19.0. The minimum absolute atomic E-state index is 0.0255. The maximum Gasteiger partial charge on any atom is 0.311 e. The average molecular weight is 397 g/mol. The summed E-state index contributed by atoms with van der Waals surface area (Å²) in [5, 5.41) is 28.6. The third-order valence-electron chi connectivity index (χ3n) is 6.01. The van der Waals surface area contributed by atoms with Crippen LogP contribution in [0.2, 0.25) is 0 Å². The van der Waals surface area contributed by atoms with Crippen LogP contribution < -0.4 is 0 Å². The number of rotatable bonds is 3. The molecule has 0 spiro atoms. The fourth-order valence-corrected chi connectivity index (χ4v) is 4.03. The van der Waals surface area contributed by atoms with Gasteiger partial charge in [0.2, 0.25) is 0 Å². The highest BCUT2D eigenvalue weighted by molar-refractivity contribution is 5.75. The summed E-state index contributed by atoms with van der Waals surface area (Å²) < 4.78 is 5.31. The largest absolute Gasteiger partial charge is 0.465 e. The number of esters is 1. The van der Waals surface area contributed by atoms with Crippen LogP contribution in [0, 0.1) is 28.1 Å². The lowest BCUT2D eigenvalue weighted by Gasteiger charge is -2.29. The van der Waals surface area contributed by atoms with Crippen LogP contribution in [0.4, 0.5) is 0 Å². The van der Waals surface area contributed by atoms with Crippen LogP contribution in [-0.2, 0) is 9.53 Å². The first-order chi connectivity index (χ1) is 12.5. The Morgan fingerprint density at radius 3 is 1.61 bits per heavy atom. The van der Waals surface area contributed by atoms with Crippen molar-refractivity contribution in [1.29, 1.82) is 0 Å². The van der Waals surface area contributed by atoms with E-state index in [1.165, 1.54) is 0 Å². The minimum atomic E-state index is -0.502. The van der Waals surface area contributed by atoms with Crippen molar-refractivity contribution in [3.8, 4) is 0 Å². The van der Waals surface area contributed by atoms with Crippen LogP contribution in [-0.4, -0.2) is 46.7 Å². The summed E-state index contributed by atoms with van der Waals surface area (Å²) in [4.78, 5) is 11.7. The van der Waals surface area contributed by atoms with Gasteiger partial charge in [0, 0.05) is 18.4 Å². The fourth-order valence-electron chi connectivity index (χ4n) is 4.03. The van der Waals surface area contributed by atoms with Crippen LogP contribution >= 0.6 is 0 Å². The molecule has 3 N–H and O–H groups in total. The van der Waals surface area contributed by atoms with Crippen LogP contribution in [0.3, 0.4) is 0 Å². The number of hydrogen-bond acceptors (Lipinski definition) is 5. The van der Waals surface area contributed by atoms with Gasteiger partial charge in [0.15, 0.2) is 0 Å². The molecular weight excluding hydrogens is 356 g/mol. The molecule has 4 atom stereocenters. The third-order valence-corrected chi connectivity index (χ3v) is 6.01. The highest BCUT2D eigenvalue weighted by atomic mass is 16.5. The van der Waals surface area contributed by atoms with Crippen molar-refractivity contribution in [2.75, 3.05) is 13.2 Å². The molecule has 2 rings (SSSR count). The number of allylic oxidation sites excluding steroid dienone is 2. The van der Waals surface area contributed by atoms with Gasteiger partial charge in [-0.25, -0.2) is 0 Å². The monoisotopic (exact) mass is 396 g/mol. The Kier molecular flexibility index (Phi) is 7.71. The summed E-state index contributed by atoms with van der Waals surface area (Å²) in [5.74, 6) is -0.290. The van der Waals surface area contributed by atoms with Crippen LogP contribution in [0.15, 0.2) is 23.3 Å². The Bertz CT molecular complexity index is 621. The van der Waals surface area contributed by atoms with Gasteiger partial charge in [0.1, 0.15) is 0 Å². The maximum atomic E-state index is 11.7. The van der Waals surface area contributed by atoms with E-state index in [0.717, 1.165) is 11.1 Å². The van der Waals surface area contributed by atoms with E-state index >= 15 is 0 Å². The Labute approximate surface area is 170 Å². The molecule has 0 fully saturated rings. The van der Waals surface area contributed by atoms with Gasteiger partial charge in [-0.15, -0.1) is 0 Å². The van der Waals surface area contributed by atoms with Crippen molar-refractivity contribution in [3.05, 3.63) is 23.3 Å². The minimum Gasteiger partial charge on any atom is -0.465 e. The van der Waals surface area contributed by atoms with Gasteiger partial charge in [-0.2, -0.15) is 0 Å². The lowest BCUT2D eigenvalue weighted by Crippen LogP contribution is -2.34. The topological polar surface area (TPSA) is 87.0 Å². The number of aliphatic hydroxyl groups excluding tert-OH is 3. The smallest absolute Gasteiger partial charge is 0.311 e. The Balaban J connectivity index is 0.000000307. The van der Waals surface area contributed by atoms with Crippen molar-refractivity contribution in [3.63, 3.8) is 0 Å². The van der Waals surface area contributed by atoms with Crippen molar-refractivity contribution in [1.82, 2.24) is 0 Å². The summed E-state index contributed by atoms with van der Waals surface area (Å²) in [7, 11) is 0. The summed E-state index contributed by atoms with van der Waals surface area (Å²) in [6.45, 7) is 17.8. The number of carbonyl (C=O) groups excluding carboxylic acids is 1. The molecule has 0 aliphatic heterocycles. The quantitative estimate of drug-likeness (QED) is 0.502. The Morgan fingerprint density at radius 2 is 1.36 bits per heavy atom. The first-order valence-electron chi connectivity index (χ1n) is 10.1. The molecule has 162 valence electrons. The van der Waals surface area contributed by atoms with Crippen LogP contribution in [0.1, 0.15) is 62.3 Å². The first-order valence-corrected chi connectivity index (χ1v) is 10.1. The van der Waals surface area contributed by atoms with Gasteiger partial charge in [0.05, 0.1) is 24.2 Å². The van der Waals surface area contributed by atoms with Gasteiger partial charge in [-0.3, -0.25) is 4.79 Å². The van der Waals surface area contributed by atoms with E-state index in [4.69, 9.17) is 9.84 Å². The second-order valence-corrected chi connectivity index (χ2v) is 10.6. The standard InChI is InChI=1S/C14H24O3.C9H16O2/c1-9-7-14(5,6)10(11(9)15)8-17-12(16)13(2,3)4;1-6-4-9(2,3)7(5-10)8(6)11/h7,10-11,15H,8H2,1-6H3;4,7-8,10-11H,5H2,1-3H3/t10-,11-;7-,8-/m11/s1. The maximum absolute atomic E-state index is 11.7. The third kappa shape index (κ3) is 5.68. The predicted molar refractivity (Wildman–Crippen MR) is 112 cm³/mol. The number of hydrogen-bond donors (Lipinski definition) is 3.